The van der Waals surface area contributed by atoms with Gasteiger partial charge in [0.15, 0.2) is 0 Å². The summed E-state index contributed by atoms with van der Waals surface area (Å²) in [6, 6.07) is 28.4. The lowest BCUT2D eigenvalue weighted by Crippen LogP contribution is -2.38. The molecule has 4 aromatic carbocycles. The first-order valence-corrected chi connectivity index (χ1v) is 13.7. The van der Waals surface area contributed by atoms with Gasteiger partial charge in [0.1, 0.15) is 5.82 Å². The van der Waals surface area contributed by atoms with Gasteiger partial charge in [-0.3, -0.25) is 14.2 Å². The van der Waals surface area contributed by atoms with E-state index in [9.17, 15) is 9.59 Å². The van der Waals surface area contributed by atoms with Crippen molar-refractivity contribution in [2.24, 2.45) is 5.92 Å². The summed E-state index contributed by atoms with van der Waals surface area (Å²) in [7, 11) is 0. The van der Waals surface area contributed by atoms with E-state index in [0.717, 1.165) is 27.4 Å². The fourth-order valence-electron chi connectivity index (χ4n) is 4.79. The molecule has 5 aromatic rings. The largest absolute Gasteiger partial charge is 0.329 e. The van der Waals surface area contributed by atoms with Gasteiger partial charge in [0, 0.05) is 16.6 Å². The molecule has 1 heterocycles. The van der Waals surface area contributed by atoms with E-state index in [4.69, 9.17) is 4.98 Å². The van der Waals surface area contributed by atoms with Crippen LogP contribution in [0, 0.1) is 5.92 Å². The minimum absolute atomic E-state index is 0.0908. The Labute approximate surface area is 230 Å². The molecule has 1 aromatic heterocycles. The van der Waals surface area contributed by atoms with Crippen LogP contribution in [0.3, 0.4) is 0 Å². The Morgan fingerprint density at radius 1 is 0.895 bits per heavy atom. The van der Waals surface area contributed by atoms with E-state index in [-0.39, 0.29) is 11.5 Å². The summed E-state index contributed by atoms with van der Waals surface area (Å²) in [6.45, 7) is 6.80. The van der Waals surface area contributed by atoms with Crippen LogP contribution in [-0.4, -0.2) is 26.9 Å². The van der Waals surface area contributed by atoms with Crippen LogP contribution in [-0.2, 0) is 0 Å². The first-order chi connectivity index (χ1) is 18.3. The molecule has 0 spiro atoms. The van der Waals surface area contributed by atoms with E-state index in [1.165, 1.54) is 0 Å². The molecule has 5 rings (SSSR count). The molecule has 0 saturated heterocycles. The minimum atomic E-state index is -0.455. The van der Waals surface area contributed by atoms with E-state index in [1.54, 1.807) is 10.6 Å². The number of rotatable bonds is 7. The number of hydrogen-bond acceptors (Lipinski definition) is 3. The number of para-hydroxylation sites is 1. The Morgan fingerprint density at radius 3 is 2.39 bits per heavy atom. The Morgan fingerprint density at radius 2 is 1.63 bits per heavy atom. The predicted molar refractivity (Wildman–Crippen MR) is 158 cm³/mol. The summed E-state index contributed by atoms with van der Waals surface area (Å²) in [4.78, 5) is 34.7. The van der Waals surface area contributed by atoms with Gasteiger partial charge in [0.25, 0.3) is 11.5 Å². The molecule has 192 valence electrons. The van der Waals surface area contributed by atoms with Gasteiger partial charge in [-0.1, -0.05) is 78.3 Å². The van der Waals surface area contributed by atoms with Gasteiger partial charge >= 0.3 is 0 Å². The minimum Gasteiger partial charge on any atom is -0.329 e. The molecule has 0 bridgehead atoms. The standard InChI is InChI=1S/C32H30BrN3O2/c1-21(2)17-18-35(31(37)25-11-8-12-26(33)19-25)22(3)30-34-29-14-7-6-13-28(29)32(38)36(30)27-16-15-23-9-4-5-10-24(23)20-27/h4-16,19-22H,17-18H2,1-3H3. The maximum atomic E-state index is 14.0. The van der Waals surface area contributed by atoms with E-state index in [2.05, 4.69) is 29.8 Å². The van der Waals surface area contributed by atoms with Crippen molar-refractivity contribution in [3.8, 4) is 5.69 Å². The van der Waals surface area contributed by atoms with E-state index in [0.29, 0.717) is 34.8 Å². The van der Waals surface area contributed by atoms with Crippen molar-refractivity contribution in [2.45, 2.75) is 33.2 Å². The number of benzene rings is 4. The number of fused-ring (bicyclic) bond motifs is 2. The highest BCUT2D eigenvalue weighted by Crippen LogP contribution is 2.27. The SMILES string of the molecule is CC(C)CCN(C(=O)c1cccc(Br)c1)C(C)c1nc2ccccc2c(=O)n1-c1ccc2ccccc2c1. The summed E-state index contributed by atoms with van der Waals surface area (Å²) >= 11 is 3.49. The highest BCUT2D eigenvalue weighted by molar-refractivity contribution is 9.10. The Balaban J connectivity index is 1.70. The van der Waals surface area contributed by atoms with Crippen LogP contribution in [0.25, 0.3) is 27.4 Å². The summed E-state index contributed by atoms with van der Waals surface area (Å²) < 4.78 is 2.52. The quantitative estimate of drug-likeness (QED) is 0.204. The Bertz CT molecular complexity index is 1690. The average molecular weight is 569 g/mol. The number of amides is 1. The molecule has 1 unspecified atom stereocenters. The zero-order valence-corrected chi connectivity index (χ0v) is 23.4. The van der Waals surface area contributed by atoms with Crippen molar-refractivity contribution < 1.29 is 4.79 Å². The third-order valence-corrected chi connectivity index (χ3v) is 7.41. The molecule has 0 radical (unpaired) electrons. The van der Waals surface area contributed by atoms with Crippen molar-refractivity contribution in [1.82, 2.24) is 14.5 Å². The van der Waals surface area contributed by atoms with Crippen LogP contribution in [0.1, 0.15) is 49.4 Å². The lowest BCUT2D eigenvalue weighted by Gasteiger charge is -2.31. The van der Waals surface area contributed by atoms with Crippen molar-refractivity contribution in [3.05, 3.63) is 117 Å². The zero-order chi connectivity index (χ0) is 26.8. The number of nitrogens with zero attached hydrogens (tertiary/aromatic N) is 3. The van der Waals surface area contributed by atoms with Crippen LogP contribution in [0.4, 0.5) is 0 Å². The molecule has 5 nitrogen and oxygen atoms in total. The van der Waals surface area contributed by atoms with Crippen molar-refractivity contribution in [3.63, 3.8) is 0 Å². The van der Waals surface area contributed by atoms with Gasteiger partial charge in [-0.15, -0.1) is 0 Å². The monoisotopic (exact) mass is 567 g/mol. The Hall–Kier alpha value is -3.77. The predicted octanol–water partition coefficient (Wildman–Crippen LogP) is 7.55. The number of carbonyl (C=O) groups excluding carboxylic acids is 1. The number of aromatic nitrogens is 2. The second-order valence-corrected chi connectivity index (χ2v) is 10.9. The van der Waals surface area contributed by atoms with Crippen molar-refractivity contribution in [2.75, 3.05) is 6.54 Å². The van der Waals surface area contributed by atoms with Gasteiger partial charge in [-0.05, 0) is 72.5 Å². The fourth-order valence-corrected chi connectivity index (χ4v) is 5.19. The molecular weight excluding hydrogens is 538 g/mol. The smallest absolute Gasteiger partial charge is 0.266 e. The normalized spacial score (nSPS) is 12.2. The molecule has 0 N–H and O–H groups in total. The molecular formula is C32H30BrN3O2. The summed E-state index contributed by atoms with van der Waals surface area (Å²) in [5.74, 6) is 0.857. The van der Waals surface area contributed by atoms with Gasteiger partial charge in [0.05, 0.1) is 22.6 Å². The van der Waals surface area contributed by atoms with E-state index >= 15 is 0 Å². The van der Waals surface area contributed by atoms with Crippen LogP contribution in [0.5, 0.6) is 0 Å². The second-order valence-electron chi connectivity index (χ2n) is 10.0. The first-order valence-electron chi connectivity index (χ1n) is 12.9. The number of hydrogen-bond donors (Lipinski definition) is 0. The van der Waals surface area contributed by atoms with Gasteiger partial charge in [-0.25, -0.2) is 4.98 Å². The topological polar surface area (TPSA) is 55.2 Å². The lowest BCUT2D eigenvalue weighted by atomic mass is 10.1. The average Bonchev–Trinajstić information content (AvgIpc) is 2.92. The third-order valence-electron chi connectivity index (χ3n) is 6.91. The molecule has 1 atom stereocenters. The zero-order valence-electron chi connectivity index (χ0n) is 21.8. The van der Waals surface area contributed by atoms with E-state index < -0.39 is 6.04 Å². The van der Waals surface area contributed by atoms with E-state index in [1.807, 2.05) is 96.8 Å². The molecule has 0 aliphatic heterocycles. The van der Waals surface area contributed by atoms with Crippen LogP contribution in [0.2, 0.25) is 0 Å². The highest BCUT2D eigenvalue weighted by Gasteiger charge is 2.28. The third kappa shape index (κ3) is 5.14. The van der Waals surface area contributed by atoms with Gasteiger partial charge < -0.3 is 4.90 Å². The molecule has 38 heavy (non-hydrogen) atoms. The fraction of sp³-hybridized carbons (Fsp3) is 0.219. The molecule has 0 aliphatic carbocycles. The highest BCUT2D eigenvalue weighted by atomic mass is 79.9. The molecule has 6 heteroatoms. The molecule has 0 fully saturated rings. The summed E-state index contributed by atoms with van der Waals surface area (Å²) in [6.07, 6.45) is 0.831. The summed E-state index contributed by atoms with van der Waals surface area (Å²) in [5, 5.41) is 2.67. The lowest BCUT2D eigenvalue weighted by molar-refractivity contribution is 0.0671. The molecule has 1 amide bonds. The Kier molecular flexibility index (Phi) is 7.43. The van der Waals surface area contributed by atoms with Crippen LogP contribution in [0.15, 0.2) is 100 Å². The first kappa shape index (κ1) is 25.9. The summed E-state index contributed by atoms with van der Waals surface area (Å²) in [5.41, 5.74) is 1.80. The van der Waals surface area contributed by atoms with Gasteiger partial charge in [-0.2, -0.15) is 0 Å². The van der Waals surface area contributed by atoms with Crippen molar-refractivity contribution >= 4 is 43.5 Å². The maximum Gasteiger partial charge on any atom is 0.266 e. The van der Waals surface area contributed by atoms with Gasteiger partial charge in [0.2, 0.25) is 0 Å². The molecule has 0 aliphatic rings. The maximum absolute atomic E-state index is 14.0. The number of halogens is 1. The van der Waals surface area contributed by atoms with Crippen molar-refractivity contribution in [1.29, 1.82) is 0 Å². The number of carbonyl (C=O) groups is 1. The molecule has 0 saturated carbocycles. The van der Waals surface area contributed by atoms with Crippen LogP contribution >= 0.6 is 15.9 Å². The second kappa shape index (κ2) is 10.9. The van der Waals surface area contributed by atoms with Crippen LogP contribution < -0.4 is 5.56 Å².